The Morgan fingerprint density at radius 2 is 1.90 bits per heavy atom. The molecule has 2 N–H and O–H groups in total. The van der Waals surface area contributed by atoms with Gasteiger partial charge in [0.2, 0.25) is 10.0 Å². The largest absolute Gasteiger partial charge is 0.392 e. The second-order valence-corrected chi connectivity index (χ2v) is 7.97. The molecule has 2 rings (SSSR count). The normalized spacial score (nSPS) is 23.2. The van der Waals surface area contributed by atoms with Gasteiger partial charge in [-0.1, -0.05) is 31.9 Å². The van der Waals surface area contributed by atoms with Crippen molar-refractivity contribution < 1.29 is 13.5 Å². The van der Waals surface area contributed by atoms with E-state index in [1.165, 1.54) is 12.8 Å². The van der Waals surface area contributed by atoms with Gasteiger partial charge < -0.3 is 5.11 Å². The van der Waals surface area contributed by atoms with Crippen molar-refractivity contribution in [2.75, 3.05) is 6.54 Å². The van der Waals surface area contributed by atoms with Crippen molar-refractivity contribution in [1.82, 2.24) is 4.72 Å². The van der Waals surface area contributed by atoms with Crippen LogP contribution in [-0.4, -0.2) is 20.1 Å². The number of aliphatic hydroxyl groups excluding tert-OH is 1. The smallest absolute Gasteiger partial charge is 0.240 e. The van der Waals surface area contributed by atoms with E-state index in [1.54, 1.807) is 25.1 Å². The lowest BCUT2D eigenvalue weighted by atomic mass is 9.83. The van der Waals surface area contributed by atoms with Crippen molar-refractivity contribution in [2.24, 2.45) is 11.8 Å². The van der Waals surface area contributed by atoms with E-state index in [4.69, 9.17) is 5.11 Å². The zero-order valence-corrected chi connectivity index (χ0v) is 13.6. The highest BCUT2D eigenvalue weighted by Gasteiger charge is 2.22. The maximum atomic E-state index is 12.4. The lowest BCUT2D eigenvalue weighted by Gasteiger charge is -2.26. The highest BCUT2D eigenvalue weighted by Crippen LogP contribution is 2.28. The lowest BCUT2D eigenvalue weighted by Crippen LogP contribution is -2.31. The van der Waals surface area contributed by atoms with E-state index in [-0.39, 0.29) is 11.5 Å². The number of nitrogens with one attached hydrogen (secondary N) is 1. The number of hydrogen-bond acceptors (Lipinski definition) is 3. The number of aliphatic hydroxyl groups is 1. The fourth-order valence-corrected chi connectivity index (χ4v) is 4.28. The third kappa shape index (κ3) is 4.28. The first-order valence-corrected chi connectivity index (χ1v) is 9.10. The van der Waals surface area contributed by atoms with Gasteiger partial charge in [-0.2, -0.15) is 0 Å². The van der Waals surface area contributed by atoms with Gasteiger partial charge in [-0.25, -0.2) is 13.1 Å². The number of benzene rings is 1. The predicted octanol–water partition coefficient (Wildman–Crippen LogP) is 2.59. The predicted molar refractivity (Wildman–Crippen MR) is 83.4 cm³/mol. The minimum Gasteiger partial charge on any atom is -0.392 e. The van der Waals surface area contributed by atoms with Crippen molar-refractivity contribution in [1.29, 1.82) is 0 Å². The molecule has 0 radical (unpaired) electrons. The van der Waals surface area contributed by atoms with Gasteiger partial charge in [0.05, 0.1) is 11.5 Å². The number of hydrogen-bond donors (Lipinski definition) is 2. The molecule has 21 heavy (non-hydrogen) atoms. The summed E-state index contributed by atoms with van der Waals surface area (Å²) in [6.45, 7) is 4.39. The second-order valence-electron chi connectivity index (χ2n) is 6.24. The minimum absolute atomic E-state index is 0.149. The zero-order chi connectivity index (χ0) is 15.5. The minimum atomic E-state index is -3.50. The van der Waals surface area contributed by atoms with Crippen LogP contribution >= 0.6 is 0 Å². The fraction of sp³-hybridized carbons (Fsp3) is 0.625. The van der Waals surface area contributed by atoms with Crippen LogP contribution in [0.15, 0.2) is 23.1 Å². The molecule has 0 atom stereocenters. The summed E-state index contributed by atoms with van der Waals surface area (Å²) in [7, 11) is -3.50. The standard InChI is InChI=1S/C16H25NO3S/c1-12-3-6-14(7-4-12)10-17-21(19,20)16-9-15(11-18)8-5-13(16)2/h5,8-9,12,14,17-18H,3-4,6-7,10-11H2,1-2H3. The Kier molecular flexibility index (Phi) is 5.41. The molecule has 0 saturated heterocycles. The van der Waals surface area contributed by atoms with Crippen LogP contribution in [0.3, 0.4) is 0 Å². The Labute approximate surface area is 127 Å². The number of rotatable bonds is 5. The molecule has 0 aromatic heterocycles. The van der Waals surface area contributed by atoms with Gasteiger partial charge in [0.25, 0.3) is 0 Å². The molecule has 0 aliphatic heterocycles. The van der Waals surface area contributed by atoms with Crippen molar-refractivity contribution in [3.8, 4) is 0 Å². The summed E-state index contributed by atoms with van der Waals surface area (Å²) in [5.74, 6) is 1.21. The van der Waals surface area contributed by atoms with Crippen LogP contribution in [0.2, 0.25) is 0 Å². The first-order chi connectivity index (χ1) is 9.92. The van der Waals surface area contributed by atoms with Crippen LogP contribution < -0.4 is 4.72 Å². The molecular weight excluding hydrogens is 286 g/mol. The van der Waals surface area contributed by atoms with Crippen LogP contribution in [-0.2, 0) is 16.6 Å². The molecular formula is C16H25NO3S. The number of sulfonamides is 1. The summed E-state index contributed by atoms with van der Waals surface area (Å²) in [4.78, 5) is 0.276. The van der Waals surface area contributed by atoms with Gasteiger partial charge in [0.1, 0.15) is 0 Å². The van der Waals surface area contributed by atoms with Crippen LogP contribution in [0.1, 0.15) is 43.7 Å². The molecule has 1 aromatic carbocycles. The van der Waals surface area contributed by atoms with Crippen molar-refractivity contribution >= 4 is 10.0 Å². The maximum absolute atomic E-state index is 12.4. The summed E-state index contributed by atoms with van der Waals surface area (Å²) in [5, 5.41) is 9.16. The molecule has 0 bridgehead atoms. The molecule has 1 saturated carbocycles. The van der Waals surface area contributed by atoms with Crippen LogP contribution in [0, 0.1) is 18.8 Å². The molecule has 1 aromatic rings. The van der Waals surface area contributed by atoms with Gasteiger partial charge in [-0.3, -0.25) is 0 Å². The van der Waals surface area contributed by atoms with E-state index in [1.807, 2.05) is 0 Å². The Bertz CT molecular complexity index is 575. The van der Waals surface area contributed by atoms with Gasteiger partial charge in [0.15, 0.2) is 0 Å². The summed E-state index contributed by atoms with van der Waals surface area (Å²) in [6.07, 6.45) is 4.57. The third-order valence-electron chi connectivity index (χ3n) is 4.42. The fourth-order valence-electron chi connectivity index (χ4n) is 2.87. The third-order valence-corrected chi connectivity index (χ3v) is 5.99. The molecule has 1 aliphatic rings. The first kappa shape index (κ1) is 16.5. The van der Waals surface area contributed by atoms with E-state index < -0.39 is 10.0 Å². The van der Waals surface area contributed by atoms with Crippen LogP contribution in [0.4, 0.5) is 0 Å². The average molecular weight is 311 g/mol. The number of aryl methyl sites for hydroxylation is 1. The quantitative estimate of drug-likeness (QED) is 0.878. The molecule has 118 valence electrons. The average Bonchev–Trinajstić information content (AvgIpc) is 2.47. The van der Waals surface area contributed by atoms with Crippen molar-refractivity contribution in [3.63, 3.8) is 0 Å². The molecule has 1 fully saturated rings. The molecule has 1 aliphatic carbocycles. The van der Waals surface area contributed by atoms with Crippen molar-refractivity contribution in [3.05, 3.63) is 29.3 Å². The van der Waals surface area contributed by atoms with E-state index in [0.29, 0.717) is 23.6 Å². The molecule has 4 nitrogen and oxygen atoms in total. The van der Waals surface area contributed by atoms with Crippen molar-refractivity contribution in [2.45, 2.75) is 51.0 Å². The zero-order valence-electron chi connectivity index (χ0n) is 12.8. The first-order valence-electron chi connectivity index (χ1n) is 7.62. The van der Waals surface area contributed by atoms with Gasteiger partial charge in [0, 0.05) is 6.54 Å². The van der Waals surface area contributed by atoms with Gasteiger partial charge >= 0.3 is 0 Å². The van der Waals surface area contributed by atoms with E-state index in [0.717, 1.165) is 18.8 Å². The Morgan fingerprint density at radius 3 is 2.52 bits per heavy atom. The SMILES string of the molecule is Cc1ccc(CO)cc1S(=O)(=O)NCC1CCC(C)CC1. The Morgan fingerprint density at radius 1 is 1.24 bits per heavy atom. The monoisotopic (exact) mass is 311 g/mol. The Hall–Kier alpha value is -0.910. The molecule has 5 heteroatoms. The summed E-state index contributed by atoms with van der Waals surface area (Å²) in [6, 6.07) is 5.04. The lowest BCUT2D eigenvalue weighted by molar-refractivity contribution is 0.281. The molecule has 0 heterocycles. The summed E-state index contributed by atoms with van der Waals surface area (Å²) >= 11 is 0. The van der Waals surface area contributed by atoms with E-state index in [2.05, 4.69) is 11.6 Å². The van der Waals surface area contributed by atoms with Crippen LogP contribution in [0.25, 0.3) is 0 Å². The summed E-state index contributed by atoms with van der Waals surface area (Å²) < 4.78 is 27.6. The topological polar surface area (TPSA) is 66.4 Å². The van der Waals surface area contributed by atoms with Gasteiger partial charge in [-0.05, 0) is 48.8 Å². The molecule has 0 spiro atoms. The molecule has 0 amide bonds. The van der Waals surface area contributed by atoms with Gasteiger partial charge in [-0.15, -0.1) is 0 Å². The summed E-state index contributed by atoms with van der Waals surface area (Å²) in [5.41, 5.74) is 1.32. The van der Waals surface area contributed by atoms with E-state index in [9.17, 15) is 8.42 Å². The van der Waals surface area contributed by atoms with Crippen LogP contribution in [0.5, 0.6) is 0 Å². The Balaban J connectivity index is 2.05. The second kappa shape index (κ2) is 6.90. The maximum Gasteiger partial charge on any atom is 0.240 e. The highest BCUT2D eigenvalue weighted by atomic mass is 32.2. The van der Waals surface area contributed by atoms with E-state index >= 15 is 0 Å². The molecule has 0 unspecified atom stereocenters. The highest BCUT2D eigenvalue weighted by molar-refractivity contribution is 7.89.